The number of nitrogens with zero attached hydrogens (tertiary/aromatic N) is 3. The highest BCUT2D eigenvalue weighted by Crippen LogP contribution is 2.22. The van der Waals surface area contributed by atoms with Crippen LogP contribution in [0.15, 0.2) is 0 Å². The Morgan fingerprint density at radius 2 is 2.05 bits per heavy atom. The molecule has 6 nitrogen and oxygen atoms in total. The van der Waals surface area contributed by atoms with Crippen molar-refractivity contribution in [2.45, 2.75) is 52.0 Å². The molecule has 2 N–H and O–H groups in total. The molecular weight excluding hydrogens is 286 g/mol. The lowest BCUT2D eigenvalue weighted by atomic mass is 10.2. The van der Waals surface area contributed by atoms with Crippen molar-refractivity contribution in [3.05, 3.63) is 5.01 Å². The first-order valence-corrected chi connectivity index (χ1v) is 8.54. The number of nitrogens with one attached hydrogen (secondary N) is 2. The van der Waals surface area contributed by atoms with Gasteiger partial charge >= 0.3 is 6.03 Å². The van der Waals surface area contributed by atoms with Crippen LogP contribution in [-0.4, -0.2) is 46.8 Å². The van der Waals surface area contributed by atoms with Gasteiger partial charge in [-0.2, -0.15) is 0 Å². The van der Waals surface area contributed by atoms with Crippen LogP contribution in [0.2, 0.25) is 0 Å². The maximum atomic E-state index is 11.9. The Balaban J connectivity index is 1.77. The molecule has 0 radical (unpaired) electrons. The van der Waals surface area contributed by atoms with Crippen LogP contribution in [0.25, 0.3) is 0 Å². The van der Waals surface area contributed by atoms with Crippen LogP contribution in [0.1, 0.15) is 51.0 Å². The molecule has 0 spiro atoms. The van der Waals surface area contributed by atoms with Crippen LogP contribution < -0.4 is 10.6 Å². The summed E-state index contributed by atoms with van der Waals surface area (Å²) in [4.78, 5) is 14.4. The molecule has 2 rings (SSSR count). The van der Waals surface area contributed by atoms with Gasteiger partial charge < -0.3 is 5.32 Å². The number of hydrogen-bond donors (Lipinski definition) is 2. The fourth-order valence-corrected chi connectivity index (χ4v) is 3.25. The Bertz CT molecular complexity index is 456. The van der Waals surface area contributed by atoms with Crippen LogP contribution in [0.3, 0.4) is 0 Å². The first-order valence-electron chi connectivity index (χ1n) is 7.72. The number of carbonyl (C=O) groups excluding carboxylic acids is 1. The molecule has 1 aromatic rings. The molecule has 1 fully saturated rings. The predicted octanol–water partition coefficient (Wildman–Crippen LogP) is 2.66. The van der Waals surface area contributed by atoms with Gasteiger partial charge in [0.25, 0.3) is 0 Å². The van der Waals surface area contributed by atoms with E-state index in [1.54, 1.807) is 0 Å². The number of aromatic nitrogens is 2. The molecule has 0 saturated carbocycles. The van der Waals surface area contributed by atoms with E-state index in [2.05, 4.69) is 46.5 Å². The third-order valence-corrected chi connectivity index (χ3v) is 4.92. The smallest absolute Gasteiger partial charge is 0.321 e. The first-order chi connectivity index (χ1) is 10.1. The minimum atomic E-state index is -0.195. The highest BCUT2D eigenvalue weighted by atomic mass is 32.1. The molecule has 1 aromatic heterocycles. The molecule has 1 atom stereocenters. The van der Waals surface area contributed by atoms with Gasteiger partial charge in [0.1, 0.15) is 5.01 Å². The number of rotatable bonds is 6. The van der Waals surface area contributed by atoms with Crippen molar-refractivity contribution in [2.24, 2.45) is 0 Å². The average Bonchev–Trinajstić information content (AvgIpc) is 3.10. The summed E-state index contributed by atoms with van der Waals surface area (Å²) in [6, 6.07) is 0.234. The van der Waals surface area contributed by atoms with E-state index in [0.29, 0.717) is 23.6 Å². The lowest BCUT2D eigenvalue weighted by Gasteiger charge is -2.26. The van der Waals surface area contributed by atoms with Crippen molar-refractivity contribution in [2.75, 3.05) is 25.0 Å². The van der Waals surface area contributed by atoms with Crippen molar-refractivity contribution < 1.29 is 4.79 Å². The number of amides is 2. The van der Waals surface area contributed by atoms with E-state index < -0.39 is 0 Å². The van der Waals surface area contributed by atoms with Gasteiger partial charge in [0.15, 0.2) is 0 Å². The topological polar surface area (TPSA) is 70.1 Å². The van der Waals surface area contributed by atoms with Crippen LogP contribution in [0.5, 0.6) is 0 Å². The molecule has 0 aliphatic carbocycles. The number of hydrogen-bond acceptors (Lipinski definition) is 5. The average molecular weight is 311 g/mol. The summed E-state index contributed by atoms with van der Waals surface area (Å²) in [6.45, 7) is 9.27. The van der Waals surface area contributed by atoms with Gasteiger partial charge in [0, 0.05) is 18.5 Å². The Kier molecular flexibility index (Phi) is 5.93. The number of anilines is 1. The summed E-state index contributed by atoms with van der Waals surface area (Å²) < 4.78 is 0. The molecule has 2 heterocycles. The summed E-state index contributed by atoms with van der Waals surface area (Å²) in [6.07, 6.45) is 3.59. The Morgan fingerprint density at radius 1 is 1.33 bits per heavy atom. The zero-order valence-electron chi connectivity index (χ0n) is 13.1. The quantitative estimate of drug-likeness (QED) is 0.847. The molecular formula is C14H25N5OS. The number of likely N-dealkylation sites (tertiary alicyclic amines) is 1. The second kappa shape index (κ2) is 7.70. The monoisotopic (exact) mass is 311 g/mol. The van der Waals surface area contributed by atoms with Gasteiger partial charge in [-0.05, 0) is 32.4 Å². The molecule has 1 aliphatic rings. The SMILES string of the molecule is CC[C@H](CNC(=O)Nc1nnc(C(C)C)s1)N1CCCC1. The van der Waals surface area contributed by atoms with Gasteiger partial charge in [0.2, 0.25) is 5.13 Å². The van der Waals surface area contributed by atoms with E-state index in [4.69, 9.17) is 0 Å². The molecule has 0 aromatic carbocycles. The lowest BCUT2D eigenvalue weighted by Crippen LogP contribution is -2.43. The predicted molar refractivity (Wildman–Crippen MR) is 85.9 cm³/mol. The maximum Gasteiger partial charge on any atom is 0.321 e. The normalized spacial score (nSPS) is 17.1. The van der Waals surface area contributed by atoms with Gasteiger partial charge in [-0.3, -0.25) is 10.2 Å². The van der Waals surface area contributed by atoms with Crippen molar-refractivity contribution in [1.29, 1.82) is 0 Å². The first kappa shape index (κ1) is 16.2. The summed E-state index contributed by atoms with van der Waals surface area (Å²) >= 11 is 1.43. The molecule has 0 bridgehead atoms. The standard InChI is InChI=1S/C14H25N5OS/c1-4-11(19-7-5-6-8-19)9-15-13(20)16-14-18-17-12(21-14)10(2)3/h10-11H,4-9H2,1-3H3,(H2,15,16,18,20)/t11-/m1/s1. The zero-order chi connectivity index (χ0) is 15.2. The minimum absolute atomic E-state index is 0.195. The van der Waals surface area contributed by atoms with Crippen molar-refractivity contribution in [3.8, 4) is 0 Å². The summed E-state index contributed by atoms with van der Waals surface area (Å²) in [7, 11) is 0. The fraction of sp³-hybridized carbons (Fsp3) is 0.786. The third-order valence-electron chi connectivity index (χ3n) is 3.78. The Hall–Kier alpha value is -1.21. The third kappa shape index (κ3) is 4.64. The Morgan fingerprint density at radius 3 is 2.62 bits per heavy atom. The molecule has 1 saturated heterocycles. The lowest BCUT2D eigenvalue weighted by molar-refractivity contribution is 0.222. The van der Waals surface area contributed by atoms with Crippen molar-refractivity contribution in [3.63, 3.8) is 0 Å². The maximum absolute atomic E-state index is 11.9. The summed E-state index contributed by atoms with van der Waals surface area (Å²) in [5.74, 6) is 0.334. The molecule has 0 unspecified atom stereocenters. The highest BCUT2D eigenvalue weighted by molar-refractivity contribution is 7.15. The number of carbonyl (C=O) groups is 1. The fourth-order valence-electron chi connectivity index (χ4n) is 2.51. The van der Waals surface area contributed by atoms with E-state index in [9.17, 15) is 4.79 Å². The summed E-state index contributed by atoms with van der Waals surface area (Å²) in [5, 5.41) is 15.3. The van der Waals surface area contributed by atoms with E-state index in [1.807, 2.05) is 0 Å². The van der Waals surface area contributed by atoms with E-state index in [-0.39, 0.29) is 6.03 Å². The van der Waals surface area contributed by atoms with Gasteiger partial charge in [-0.1, -0.05) is 32.1 Å². The van der Waals surface area contributed by atoms with Crippen LogP contribution in [-0.2, 0) is 0 Å². The molecule has 1 aliphatic heterocycles. The second-order valence-corrected chi connectivity index (χ2v) is 6.75. The molecule has 118 valence electrons. The number of urea groups is 1. The molecule has 2 amide bonds. The molecule has 7 heteroatoms. The summed E-state index contributed by atoms with van der Waals surface area (Å²) in [5.41, 5.74) is 0. The van der Waals surface area contributed by atoms with E-state index in [0.717, 1.165) is 24.5 Å². The Labute approximate surface area is 130 Å². The highest BCUT2D eigenvalue weighted by Gasteiger charge is 2.21. The second-order valence-electron chi connectivity index (χ2n) is 5.74. The van der Waals surface area contributed by atoms with E-state index >= 15 is 0 Å². The van der Waals surface area contributed by atoms with Gasteiger partial charge in [0.05, 0.1) is 0 Å². The van der Waals surface area contributed by atoms with Crippen LogP contribution in [0, 0.1) is 0 Å². The van der Waals surface area contributed by atoms with Crippen molar-refractivity contribution in [1.82, 2.24) is 20.4 Å². The largest absolute Gasteiger partial charge is 0.336 e. The van der Waals surface area contributed by atoms with Gasteiger partial charge in [-0.25, -0.2) is 4.79 Å². The minimum Gasteiger partial charge on any atom is -0.336 e. The molecule has 21 heavy (non-hydrogen) atoms. The van der Waals surface area contributed by atoms with Gasteiger partial charge in [-0.15, -0.1) is 10.2 Å². The van der Waals surface area contributed by atoms with Crippen LogP contribution >= 0.6 is 11.3 Å². The zero-order valence-corrected chi connectivity index (χ0v) is 13.9. The van der Waals surface area contributed by atoms with Crippen molar-refractivity contribution >= 4 is 22.5 Å². The van der Waals surface area contributed by atoms with E-state index in [1.165, 1.54) is 24.2 Å². The van der Waals surface area contributed by atoms with Crippen LogP contribution in [0.4, 0.5) is 9.93 Å².